The molecule has 0 atom stereocenters. The highest BCUT2D eigenvalue weighted by Crippen LogP contribution is 2.44. The summed E-state index contributed by atoms with van der Waals surface area (Å²) >= 11 is 0. The predicted octanol–water partition coefficient (Wildman–Crippen LogP) is 4.65. The number of aromatic nitrogens is 2. The highest BCUT2D eigenvalue weighted by molar-refractivity contribution is 5.80. The van der Waals surface area contributed by atoms with Crippen molar-refractivity contribution in [2.24, 2.45) is 0 Å². The monoisotopic (exact) mass is 518 g/mol. The van der Waals surface area contributed by atoms with Crippen LogP contribution in [0.3, 0.4) is 0 Å². The molecule has 1 aromatic heterocycles. The number of aliphatic hydroxyl groups excluding tert-OH is 1. The third kappa shape index (κ3) is 4.15. The average Bonchev–Trinajstić information content (AvgIpc) is 3.23. The minimum atomic E-state index is -0.884. The molecule has 1 aliphatic carbocycles. The second kappa shape index (κ2) is 9.54. The van der Waals surface area contributed by atoms with Crippen LogP contribution in [0.15, 0.2) is 42.6 Å². The second-order valence-corrected chi connectivity index (χ2v) is 10.5. The summed E-state index contributed by atoms with van der Waals surface area (Å²) in [6.07, 6.45) is 3.41. The van der Waals surface area contributed by atoms with E-state index in [0.29, 0.717) is 24.0 Å². The molecule has 0 radical (unpaired) electrons. The summed E-state index contributed by atoms with van der Waals surface area (Å²) in [5, 5.41) is 9.52. The van der Waals surface area contributed by atoms with Gasteiger partial charge in [-0.15, -0.1) is 0 Å². The van der Waals surface area contributed by atoms with Crippen molar-refractivity contribution in [1.29, 1.82) is 0 Å². The van der Waals surface area contributed by atoms with Crippen molar-refractivity contribution in [3.63, 3.8) is 0 Å². The number of methoxy groups -OCH3 is 1. The Morgan fingerprint density at radius 3 is 2.63 bits per heavy atom. The van der Waals surface area contributed by atoms with Crippen LogP contribution in [-0.4, -0.2) is 64.6 Å². The Bertz CT molecular complexity index is 1390. The molecule has 3 heterocycles. The Morgan fingerprint density at radius 1 is 1.16 bits per heavy atom. The number of carbonyl (C=O) groups excluding carboxylic acids is 1. The topological polar surface area (TPSA) is 88.0 Å². The molecular formula is C29H31FN4O4. The lowest BCUT2D eigenvalue weighted by molar-refractivity contribution is 0.0756. The van der Waals surface area contributed by atoms with Crippen LogP contribution in [0.25, 0.3) is 22.3 Å². The molecule has 1 saturated carbocycles. The van der Waals surface area contributed by atoms with Gasteiger partial charge in [-0.3, -0.25) is 4.90 Å². The number of carbonyl (C=O) groups is 1. The summed E-state index contributed by atoms with van der Waals surface area (Å²) in [4.78, 5) is 25.8. The Labute approximate surface area is 221 Å². The van der Waals surface area contributed by atoms with Crippen molar-refractivity contribution < 1.29 is 23.8 Å². The fourth-order valence-electron chi connectivity index (χ4n) is 5.65. The molecule has 2 saturated heterocycles. The summed E-state index contributed by atoms with van der Waals surface area (Å²) < 4.78 is 24.8. The van der Waals surface area contributed by atoms with Crippen LogP contribution in [0.5, 0.6) is 5.75 Å². The van der Waals surface area contributed by atoms with Crippen LogP contribution in [0.2, 0.25) is 0 Å². The number of halogens is 1. The largest absolute Gasteiger partial charge is 0.496 e. The van der Waals surface area contributed by atoms with Crippen molar-refractivity contribution in [2.45, 2.75) is 51.0 Å². The van der Waals surface area contributed by atoms with Crippen molar-refractivity contribution in [3.05, 3.63) is 59.4 Å². The fourth-order valence-corrected chi connectivity index (χ4v) is 5.65. The van der Waals surface area contributed by atoms with E-state index in [1.807, 2.05) is 43.3 Å². The molecular weight excluding hydrogens is 487 g/mol. The van der Waals surface area contributed by atoms with E-state index in [9.17, 15) is 14.3 Å². The van der Waals surface area contributed by atoms with Gasteiger partial charge in [0.1, 0.15) is 18.5 Å². The molecule has 1 amide bonds. The Kier molecular flexibility index (Phi) is 6.18. The molecule has 3 aliphatic rings. The summed E-state index contributed by atoms with van der Waals surface area (Å²) in [5.74, 6) is 1.12. The van der Waals surface area contributed by atoms with Crippen LogP contribution >= 0.6 is 0 Å². The van der Waals surface area contributed by atoms with Gasteiger partial charge < -0.3 is 19.5 Å². The molecule has 3 fully saturated rings. The number of aliphatic hydroxyl groups is 1. The van der Waals surface area contributed by atoms with Crippen LogP contribution in [0.4, 0.5) is 15.1 Å². The number of aryl methyl sites for hydroxylation is 1. The standard InChI is InChI=1S/C29H31FN4O4/c1-18-10-19(16-35)4-6-22(18)20-5-7-26(37-2)23(11-20)24-12-31-27(33-13-21(30)14-33)32-25(24)15-34-28(36)38-17-29(34)8-3-9-29/h4-7,10-12,21,35H,3,8-9,13-17H2,1-2H3. The number of alkyl halides is 1. The normalized spacial score (nSPS) is 18.4. The fraction of sp³-hybridized carbons (Fsp3) is 0.414. The van der Waals surface area contributed by atoms with Crippen LogP contribution in [0.1, 0.15) is 36.1 Å². The van der Waals surface area contributed by atoms with Gasteiger partial charge in [-0.25, -0.2) is 19.2 Å². The number of hydrogen-bond acceptors (Lipinski definition) is 7. The highest BCUT2D eigenvalue weighted by Gasteiger charge is 2.51. The van der Waals surface area contributed by atoms with E-state index in [1.54, 1.807) is 23.1 Å². The van der Waals surface area contributed by atoms with Gasteiger partial charge in [0.15, 0.2) is 0 Å². The molecule has 1 spiro atoms. The first-order chi connectivity index (χ1) is 18.4. The number of hydrogen-bond donors (Lipinski definition) is 1. The molecule has 8 nitrogen and oxygen atoms in total. The van der Waals surface area contributed by atoms with E-state index in [4.69, 9.17) is 14.5 Å². The first-order valence-electron chi connectivity index (χ1n) is 13.0. The van der Waals surface area contributed by atoms with E-state index in [-0.39, 0.29) is 37.9 Å². The molecule has 3 aromatic rings. The molecule has 2 aliphatic heterocycles. The Balaban J connectivity index is 1.44. The molecule has 0 bridgehead atoms. The maximum Gasteiger partial charge on any atom is 0.410 e. The van der Waals surface area contributed by atoms with Gasteiger partial charge in [-0.2, -0.15) is 0 Å². The van der Waals surface area contributed by atoms with E-state index in [1.165, 1.54) is 0 Å². The lowest BCUT2D eigenvalue weighted by Crippen LogP contribution is -2.52. The number of ether oxygens (including phenoxy) is 2. The van der Waals surface area contributed by atoms with E-state index < -0.39 is 6.17 Å². The molecule has 9 heteroatoms. The lowest BCUT2D eigenvalue weighted by Gasteiger charge is -2.42. The summed E-state index contributed by atoms with van der Waals surface area (Å²) in [6, 6.07) is 11.9. The number of rotatable bonds is 7. The van der Waals surface area contributed by atoms with Crippen LogP contribution in [0, 0.1) is 6.92 Å². The average molecular weight is 519 g/mol. The Morgan fingerprint density at radius 2 is 1.97 bits per heavy atom. The first kappa shape index (κ1) is 24.6. The van der Waals surface area contributed by atoms with E-state index >= 15 is 0 Å². The molecule has 2 aromatic carbocycles. The third-order valence-corrected chi connectivity index (χ3v) is 8.10. The van der Waals surface area contributed by atoms with Gasteiger partial charge in [0, 0.05) is 17.3 Å². The van der Waals surface area contributed by atoms with Gasteiger partial charge in [-0.05, 0) is 60.6 Å². The zero-order chi connectivity index (χ0) is 26.4. The molecule has 38 heavy (non-hydrogen) atoms. The SMILES string of the molecule is COc1ccc(-c2ccc(CO)cc2C)cc1-c1cnc(N2CC(F)C2)nc1CN1C(=O)OCC12CCC2. The smallest absolute Gasteiger partial charge is 0.410 e. The summed E-state index contributed by atoms with van der Waals surface area (Å²) in [7, 11) is 1.62. The summed E-state index contributed by atoms with van der Waals surface area (Å²) in [5.41, 5.74) is 5.87. The summed E-state index contributed by atoms with van der Waals surface area (Å²) in [6.45, 7) is 3.20. The van der Waals surface area contributed by atoms with Gasteiger partial charge in [0.2, 0.25) is 5.95 Å². The molecule has 1 N–H and O–H groups in total. The van der Waals surface area contributed by atoms with Gasteiger partial charge >= 0.3 is 6.09 Å². The van der Waals surface area contributed by atoms with Gasteiger partial charge in [0.05, 0.1) is 44.6 Å². The highest BCUT2D eigenvalue weighted by atomic mass is 19.1. The maximum absolute atomic E-state index is 13.6. The van der Waals surface area contributed by atoms with Crippen molar-refractivity contribution >= 4 is 12.0 Å². The quantitative estimate of drug-likeness (QED) is 0.487. The second-order valence-electron chi connectivity index (χ2n) is 10.5. The molecule has 0 unspecified atom stereocenters. The number of nitrogens with zero attached hydrogens (tertiary/aromatic N) is 4. The maximum atomic E-state index is 13.6. The number of amides is 1. The van der Waals surface area contributed by atoms with Crippen molar-refractivity contribution in [2.75, 3.05) is 31.7 Å². The lowest BCUT2D eigenvalue weighted by atomic mass is 9.76. The van der Waals surface area contributed by atoms with E-state index in [0.717, 1.165) is 52.6 Å². The third-order valence-electron chi connectivity index (χ3n) is 8.10. The van der Waals surface area contributed by atoms with Crippen LogP contribution < -0.4 is 9.64 Å². The van der Waals surface area contributed by atoms with Gasteiger partial charge in [-0.1, -0.05) is 24.3 Å². The van der Waals surface area contributed by atoms with Crippen molar-refractivity contribution in [1.82, 2.24) is 14.9 Å². The van der Waals surface area contributed by atoms with Gasteiger partial charge in [0.25, 0.3) is 0 Å². The zero-order valence-corrected chi connectivity index (χ0v) is 21.6. The first-order valence-corrected chi connectivity index (χ1v) is 13.0. The number of anilines is 1. The van der Waals surface area contributed by atoms with Crippen LogP contribution in [-0.2, 0) is 17.9 Å². The number of cyclic esters (lactones) is 1. The molecule has 6 rings (SSSR count). The minimum absolute atomic E-state index is 0.0113. The van der Waals surface area contributed by atoms with E-state index in [2.05, 4.69) is 4.98 Å². The number of benzene rings is 2. The predicted molar refractivity (Wildman–Crippen MR) is 141 cm³/mol. The Hall–Kier alpha value is -3.72. The zero-order valence-electron chi connectivity index (χ0n) is 21.6. The molecule has 198 valence electrons. The van der Waals surface area contributed by atoms with Crippen molar-refractivity contribution in [3.8, 4) is 28.0 Å². The minimum Gasteiger partial charge on any atom is -0.496 e.